The van der Waals surface area contributed by atoms with Crippen LogP contribution in [0.5, 0.6) is 5.75 Å². The predicted octanol–water partition coefficient (Wildman–Crippen LogP) is 2.44. The SMILES string of the molecule is COc1ccc(CCNCCCC#N)cc1C. The molecule has 0 bridgehead atoms. The van der Waals surface area contributed by atoms with E-state index in [1.165, 1.54) is 11.1 Å². The molecule has 17 heavy (non-hydrogen) atoms. The van der Waals surface area contributed by atoms with Gasteiger partial charge < -0.3 is 10.1 Å². The van der Waals surface area contributed by atoms with E-state index in [4.69, 9.17) is 10.00 Å². The van der Waals surface area contributed by atoms with E-state index in [-0.39, 0.29) is 0 Å². The van der Waals surface area contributed by atoms with Crippen molar-refractivity contribution >= 4 is 0 Å². The highest BCUT2D eigenvalue weighted by Crippen LogP contribution is 2.18. The number of hydrogen-bond acceptors (Lipinski definition) is 3. The van der Waals surface area contributed by atoms with Crippen LogP contribution in [0.25, 0.3) is 0 Å². The number of methoxy groups -OCH3 is 1. The lowest BCUT2D eigenvalue weighted by Gasteiger charge is -2.08. The number of nitriles is 1. The van der Waals surface area contributed by atoms with Crippen LogP contribution in [0.3, 0.4) is 0 Å². The van der Waals surface area contributed by atoms with E-state index < -0.39 is 0 Å². The maximum Gasteiger partial charge on any atom is 0.121 e. The average Bonchev–Trinajstić information content (AvgIpc) is 2.34. The number of unbranched alkanes of at least 4 members (excludes halogenated alkanes) is 1. The van der Waals surface area contributed by atoms with E-state index in [9.17, 15) is 0 Å². The number of hydrogen-bond donors (Lipinski definition) is 1. The minimum atomic E-state index is 0.634. The number of nitrogens with one attached hydrogen (secondary N) is 1. The van der Waals surface area contributed by atoms with Crippen molar-refractivity contribution in [2.45, 2.75) is 26.2 Å². The summed E-state index contributed by atoms with van der Waals surface area (Å²) in [6.07, 6.45) is 2.57. The Balaban J connectivity index is 2.28. The lowest BCUT2D eigenvalue weighted by atomic mass is 10.1. The molecule has 1 N–H and O–H groups in total. The minimum absolute atomic E-state index is 0.634. The number of ether oxygens (including phenoxy) is 1. The van der Waals surface area contributed by atoms with Gasteiger partial charge in [0.15, 0.2) is 0 Å². The van der Waals surface area contributed by atoms with Crippen LogP contribution in [0.15, 0.2) is 18.2 Å². The lowest BCUT2D eigenvalue weighted by Crippen LogP contribution is -2.18. The summed E-state index contributed by atoms with van der Waals surface area (Å²) in [5.74, 6) is 0.940. The van der Waals surface area contributed by atoms with Gasteiger partial charge in [-0.1, -0.05) is 12.1 Å². The third-order valence-electron chi connectivity index (χ3n) is 2.69. The zero-order valence-electron chi connectivity index (χ0n) is 10.6. The summed E-state index contributed by atoms with van der Waals surface area (Å²) >= 11 is 0. The van der Waals surface area contributed by atoms with Gasteiger partial charge in [0.05, 0.1) is 13.2 Å². The Kier molecular flexibility index (Phi) is 6.13. The van der Waals surface area contributed by atoms with E-state index in [0.717, 1.165) is 31.7 Å². The van der Waals surface area contributed by atoms with Crippen molar-refractivity contribution in [2.24, 2.45) is 0 Å². The molecule has 0 aliphatic rings. The Bertz CT molecular complexity index is 382. The second-order valence-electron chi connectivity index (χ2n) is 4.07. The van der Waals surface area contributed by atoms with Crippen molar-refractivity contribution in [3.63, 3.8) is 0 Å². The fourth-order valence-corrected chi connectivity index (χ4v) is 1.75. The van der Waals surface area contributed by atoms with Gasteiger partial charge in [-0.05, 0) is 50.0 Å². The number of rotatable bonds is 7. The quantitative estimate of drug-likeness (QED) is 0.734. The molecular weight excluding hydrogens is 212 g/mol. The topological polar surface area (TPSA) is 45.0 Å². The molecule has 1 aromatic carbocycles. The van der Waals surface area contributed by atoms with Crippen LogP contribution in [-0.2, 0) is 6.42 Å². The van der Waals surface area contributed by atoms with Gasteiger partial charge in [0.25, 0.3) is 0 Å². The first-order chi connectivity index (χ1) is 8.27. The predicted molar refractivity (Wildman–Crippen MR) is 69.2 cm³/mol. The Labute approximate surface area is 103 Å². The van der Waals surface area contributed by atoms with Crippen LogP contribution >= 0.6 is 0 Å². The molecule has 3 nitrogen and oxygen atoms in total. The van der Waals surface area contributed by atoms with E-state index in [0.29, 0.717) is 6.42 Å². The maximum absolute atomic E-state index is 8.39. The molecule has 0 saturated carbocycles. The molecule has 0 radical (unpaired) electrons. The van der Waals surface area contributed by atoms with Crippen LogP contribution in [0, 0.1) is 18.3 Å². The van der Waals surface area contributed by atoms with E-state index in [1.54, 1.807) is 7.11 Å². The fourth-order valence-electron chi connectivity index (χ4n) is 1.75. The molecule has 3 heteroatoms. The van der Waals surface area contributed by atoms with Crippen molar-refractivity contribution in [3.05, 3.63) is 29.3 Å². The molecule has 0 fully saturated rings. The zero-order chi connectivity index (χ0) is 12.5. The van der Waals surface area contributed by atoms with Gasteiger partial charge in [-0.3, -0.25) is 0 Å². The van der Waals surface area contributed by atoms with Crippen LogP contribution in [0.4, 0.5) is 0 Å². The highest BCUT2D eigenvalue weighted by molar-refractivity contribution is 5.36. The van der Waals surface area contributed by atoms with Crippen molar-refractivity contribution in [1.82, 2.24) is 5.32 Å². The molecule has 0 unspecified atom stereocenters. The lowest BCUT2D eigenvalue weighted by molar-refractivity contribution is 0.411. The fraction of sp³-hybridized carbons (Fsp3) is 0.500. The van der Waals surface area contributed by atoms with Gasteiger partial charge in [-0.2, -0.15) is 5.26 Å². The highest BCUT2D eigenvalue weighted by atomic mass is 16.5. The standard InChI is InChI=1S/C14H20N2O/c1-12-11-13(5-6-14(12)17-2)7-10-16-9-4-3-8-15/h5-6,11,16H,3-4,7,9-10H2,1-2H3. The molecule has 0 aromatic heterocycles. The second kappa shape index (κ2) is 7.70. The van der Waals surface area contributed by atoms with Gasteiger partial charge in [-0.25, -0.2) is 0 Å². The second-order valence-corrected chi connectivity index (χ2v) is 4.07. The molecule has 92 valence electrons. The Morgan fingerprint density at radius 3 is 2.82 bits per heavy atom. The first-order valence-corrected chi connectivity index (χ1v) is 5.99. The average molecular weight is 232 g/mol. The van der Waals surface area contributed by atoms with Gasteiger partial charge in [0.1, 0.15) is 5.75 Å². The van der Waals surface area contributed by atoms with E-state index in [1.807, 2.05) is 6.07 Å². The summed E-state index contributed by atoms with van der Waals surface area (Å²) in [5, 5.41) is 11.7. The van der Waals surface area contributed by atoms with Crippen molar-refractivity contribution < 1.29 is 4.74 Å². The summed E-state index contributed by atoms with van der Waals surface area (Å²) in [6, 6.07) is 8.42. The molecule has 0 aliphatic heterocycles. The van der Waals surface area contributed by atoms with Crippen LogP contribution in [0.1, 0.15) is 24.0 Å². The first kappa shape index (κ1) is 13.5. The van der Waals surface area contributed by atoms with Crippen molar-refractivity contribution in [1.29, 1.82) is 5.26 Å². The molecule has 0 amide bonds. The summed E-state index contributed by atoms with van der Waals surface area (Å²) in [6.45, 7) is 3.93. The summed E-state index contributed by atoms with van der Waals surface area (Å²) in [5.41, 5.74) is 2.49. The van der Waals surface area contributed by atoms with E-state index in [2.05, 4.69) is 30.4 Å². The molecule has 0 spiro atoms. The van der Waals surface area contributed by atoms with Gasteiger partial charge in [0.2, 0.25) is 0 Å². The molecule has 0 heterocycles. The van der Waals surface area contributed by atoms with E-state index >= 15 is 0 Å². The molecule has 0 saturated heterocycles. The largest absolute Gasteiger partial charge is 0.496 e. The normalized spacial score (nSPS) is 9.94. The highest BCUT2D eigenvalue weighted by Gasteiger charge is 1.99. The monoisotopic (exact) mass is 232 g/mol. The minimum Gasteiger partial charge on any atom is -0.496 e. The maximum atomic E-state index is 8.39. The van der Waals surface area contributed by atoms with Gasteiger partial charge in [-0.15, -0.1) is 0 Å². The van der Waals surface area contributed by atoms with Crippen LogP contribution in [0.2, 0.25) is 0 Å². The van der Waals surface area contributed by atoms with Crippen LogP contribution < -0.4 is 10.1 Å². The number of benzene rings is 1. The molecule has 0 atom stereocenters. The van der Waals surface area contributed by atoms with Crippen LogP contribution in [-0.4, -0.2) is 20.2 Å². The molecule has 0 aliphatic carbocycles. The third kappa shape index (κ3) is 4.88. The smallest absolute Gasteiger partial charge is 0.121 e. The van der Waals surface area contributed by atoms with Crippen molar-refractivity contribution in [3.8, 4) is 11.8 Å². The summed E-state index contributed by atoms with van der Waals surface area (Å²) in [7, 11) is 1.69. The number of aryl methyl sites for hydroxylation is 1. The molecule has 1 aromatic rings. The molecule has 1 rings (SSSR count). The Morgan fingerprint density at radius 2 is 2.18 bits per heavy atom. The summed E-state index contributed by atoms with van der Waals surface area (Å²) < 4.78 is 5.22. The third-order valence-corrected chi connectivity index (χ3v) is 2.69. The molecular formula is C14H20N2O. The summed E-state index contributed by atoms with van der Waals surface area (Å²) in [4.78, 5) is 0. The Hall–Kier alpha value is -1.53. The Morgan fingerprint density at radius 1 is 1.35 bits per heavy atom. The zero-order valence-corrected chi connectivity index (χ0v) is 10.6. The number of nitrogens with zero attached hydrogens (tertiary/aromatic N) is 1. The van der Waals surface area contributed by atoms with Gasteiger partial charge in [0, 0.05) is 6.42 Å². The van der Waals surface area contributed by atoms with Gasteiger partial charge >= 0.3 is 0 Å². The van der Waals surface area contributed by atoms with Crippen molar-refractivity contribution in [2.75, 3.05) is 20.2 Å². The first-order valence-electron chi connectivity index (χ1n) is 5.99.